The minimum Gasteiger partial charge on any atom is -0.381 e. The number of hydrogen-bond acceptors (Lipinski definition) is 4. The van der Waals surface area contributed by atoms with E-state index >= 15 is 0 Å². The fraction of sp³-hybridized carbons (Fsp3) is 0.381. The van der Waals surface area contributed by atoms with Crippen LogP contribution in [0, 0.1) is 6.92 Å². The molecule has 0 spiro atoms. The first-order valence-corrected chi connectivity index (χ1v) is 11.6. The van der Waals surface area contributed by atoms with Crippen molar-refractivity contribution in [2.24, 2.45) is 0 Å². The van der Waals surface area contributed by atoms with E-state index in [1.807, 2.05) is 19.1 Å². The summed E-state index contributed by atoms with van der Waals surface area (Å²) in [6.45, 7) is 3.84. The molecule has 0 radical (unpaired) electrons. The number of nitrogens with one attached hydrogen (secondary N) is 1. The molecule has 1 unspecified atom stereocenters. The lowest BCUT2D eigenvalue weighted by Gasteiger charge is -2.18. The Morgan fingerprint density at radius 1 is 1.24 bits per heavy atom. The van der Waals surface area contributed by atoms with E-state index in [0.717, 1.165) is 24.2 Å². The van der Waals surface area contributed by atoms with Crippen molar-refractivity contribution < 1.29 is 17.9 Å². The van der Waals surface area contributed by atoms with Crippen LogP contribution in [0.5, 0.6) is 0 Å². The number of hydrogen-bond donors (Lipinski definition) is 1. The Morgan fingerprint density at radius 3 is 2.76 bits per heavy atom. The zero-order chi connectivity index (χ0) is 20.6. The third kappa shape index (κ3) is 4.27. The van der Waals surface area contributed by atoms with Crippen LogP contribution in [-0.2, 0) is 14.8 Å². The highest BCUT2D eigenvalue weighted by Crippen LogP contribution is 2.31. The molecule has 0 aliphatic carbocycles. The van der Waals surface area contributed by atoms with E-state index in [1.54, 1.807) is 18.2 Å². The molecule has 2 aliphatic heterocycles. The highest BCUT2D eigenvalue weighted by molar-refractivity contribution is 7.93. The van der Waals surface area contributed by atoms with Gasteiger partial charge in [-0.25, -0.2) is 8.42 Å². The number of anilines is 2. The lowest BCUT2D eigenvalue weighted by atomic mass is 9.96. The molecule has 0 aromatic heterocycles. The van der Waals surface area contributed by atoms with Crippen LogP contribution in [0.15, 0.2) is 36.4 Å². The quantitative estimate of drug-likeness (QED) is 0.790. The third-order valence-corrected chi connectivity index (χ3v) is 7.54. The van der Waals surface area contributed by atoms with Crippen LogP contribution >= 0.6 is 11.6 Å². The van der Waals surface area contributed by atoms with E-state index in [9.17, 15) is 13.2 Å². The predicted molar refractivity (Wildman–Crippen MR) is 115 cm³/mol. The Hall–Kier alpha value is -2.09. The van der Waals surface area contributed by atoms with Gasteiger partial charge in [0.1, 0.15) is 0 Å². The Bertz CT molecular complexity index is 1050. The Morgan fingerprint density at radius 2 is 2.07 bits per heavy atom. The maximum atomic E-state index is 12.9. The molecule has 154 valence electrons. The van der Waals surface area contributed by atoms with Gasteiger partial charge in [0.25, 0.3) is 5.91 Å². The number of carbonyl (C=O) groups excluding carboxylic acids is 1. The summed E-state index contributed by atoms with van der Waals surface area (Å²) in [4.78, 5) is 12.9. The van der Waals surface area contributed by atoms with Crippen LogP contribution in [-0.4, -0.2) is 39.8 Å². The minimum absolute atomic E-state index is 0.119. The first kappa shape index (κ1) is 20.2. The Balaban J connectivity index is 1.59. The van der Waals surface area contributed by atoms with Crippen LogP contribution in [0.4, 0.5) is 11.4 Å². The van der Waals surface area contributed by atoms with Gasteiger partial charge in [-0.1, -0.05) is 17.7 Å². The molecule has 0 saturated carbocycles. The van der Waals surface area contributed by atoms with Crippen molar-refractivity contribution in [1.82, 2.24) is 0 Å². The summed E-state index contributed by atoms with van der Waals surface area (Å²) in [5.74, 6) is 0.0826. The molecule has 6 nitrogen and oxygen atoms in total. The van der Waals surface area contributed by atoms with Crippen LogP contribution in [0.1, 0.15) is 40.2 Å². The fourth-order valence-corrected chi connectivity index (χ4v) is 5.65. The molecular weight excluding hydrogens is 412 g/mol. The molecule has 2 fully saturated rings. The average molecular weight is 435 g/mol. The van der Waals surface area contributed by atoms with Crippen molar-refractivity contribution in [3.63, 3.8) is 0 Å². The number of benzene rings is 2. The lowest BCUT2D eigenvalue weighted by molar-refractivity contribution is 0.102. The molecular formula is C21H23ClN2O4S. The van der Waals surface area contributed by atoms with Gasteiger partial charge in [-0.2, -0.15) is 0 Å². The molecule has 2 aromatic carbocycles. The summed E-state index contributed by atoms with van der Waals surface area (Å²) < 4.78 is 31.2. The maximum absolute atomic E-state index is 12.9. The molecule has 1 amide bonds. The molecule has 2 saturated heterocycles. The second kappa shape index (κ2) is 7.97. The van der Waals surface area contributed by atoms with E-state index in [-0.39, 0.29) is 22.2 Å². The largest absolute Gasteiger partial charge is 0.381 e. The highest BCUT2D eigenvalue weighted by atomic mass is 35.5. The van der Waals surface area contributed by atoms with Crippen molar-refractivity contribution in [3.8, 4) is 0 Å². The SMILES string of the molecule is Cc1cc(NC(=O)c2cc(N3CCCS3(=O)=O)ccc2Cl)cc(C2CCOC2)c1. The van der Waals surface area contributed by atoms with Gasteiger partial charge in [0.2, 0.25) is 10.0 Å². The molecule has 8 heteroatoms. The van der Waals surface area contributed by atoms with Gasteiger partial charge in [-0.15, -0.1) is 0 Å². The van der Waals surface area contributed by atoms with Gasteiger partial charge in [0.05, 0.1) is 28.6 Å². The normalized spacial score (nSPS) is 20.8. The second-order valence-electron chi connectivity index (χ2n) is 7.55. The van der Waals surface area contributed by atoms with Gasteiger partial charge in [-0.05, 0) is 61.2 Å². The smallest absolute Gasteiger partial charge is 0.257 e. The lowest BCUT2D eigenvalue weighted by Crippen LogP contribution is -2.25. The monoisotopic (exact) mass is 434 g/mol. The van der Waals surface area contributed by atoms with Crippen LogP contribution in [0.2, 0.25) is 5.02 Å². The topological polar surface area (TPSA) is 75.7 Å². The molecule has 4 rings (SSSR count). The zero-order valence-corrected chi connectivity index (χ0v) is 17.7. The molecule has 1 atom stereocenters. The van der Waals surface area contributed by atoms with Crippen molar-refractivity contribution in [2.75, 3.05) is 35.1 Å². The number of ether oxygens (including phenoxy) is 1. The first-order chi connectivity index (χ1) is 13.8. The number of rotatable bonds is 4. The standard InChI is InChI=1S/C21H23ClN2O4S/c1-14-9-16(15-5-7-28-13-15)11-17(10-14)23-21(25)19-12-18(3-4-20(19)22)24-6-2-8-29(24,26)27/h3-4,9-12,15H,2,5-8,13H2,1H3,(H,23,25). The predicted octanol–water partition coefficient (Wildman–Crippen LogP) is 3.94. The average Bonchev–Trinajstić information content (AvgIpc) is 3.31. The van der Waals surface area contributed by atoms with Crippen LogP contribution < -0.4 is 9.62 Å². The van der Waals surface area contributed by atoms with E-state index < -0.39 is 10.0 Å². The van der Waals surface area contributed by atoms with Crippen LogP contribution in [0.3, 0.4) is 0 Å². The fourth-order valence-electron chi connectivity index (χ4n) is 3.89. The van der Waals surface area contributed by atoms with Crippen LogP contribution in [0.25, 0.3) is 0 Å². The molecule has 0 bridgehead atoms. The van der Waals surface area contributed by atoms with E-state index in [1.165, 1.54) is 4.31 Å². The highest BCUT2D eigenvalue weighted by Gasteiger charge is 2.29. The van der Waals surface area contributed by atoms with Gasteiger partial charge >= 0.3 is 0 Å². The first-order valence-electron chi connectivity index (χ1n) is 9.64. The summed E-state index contributed by atoms with van der Waals surface area (Å²) in [6, 6.07) is 10.7. The summed E-state index contributed by atoms with van der Waals surface area (Å²) in [5, 5.41) is 3.19. The van der Waals surface area contributed by atoms with Gasteiger partial charge in [-0.3, -0.25) is 9.10 Å². The summed E-state index contributed by atoms with van der Waals surface area (Å²) in [5.41, 5.74) is 3.59. The van der Waals surface area contributed by atoms with E-state index in [4.69, 9.17) is 16.3 Å². The number of nitrogens with zero attached hydrogens (tertiary/aromatic N) is 1. The van der Waals surface area contributed by atoms with Crippen molar-refractivity contribution in [1.29, 1.82) is 0 Å². The molecule has 2 aliphatic rings. The Kier molecular flexibility index (Phi) is 5.55. The molecule has 1 N–H and O–H groups in total. The van der Waals surface area contributed by atoms with Crippen molar-refractivity contribution in [3.05, 3.63) is 58.1 Å². The second-order valence-corrected chi connectivity index (χ2v) is 9.97. The summed E-state index contributed by atoms with van der Waals surface area (Å²) in [7, 11) is -3.33. The number of aryl methyl sites for hydroxylation is 1. The minimum atomic E-state index is -3.33. The number of carbonyl (C=O) groups is 1. The number of sulfonamides is 1. The number of amides is 1. The Labute approximate surface area is 175 Å². The summed E-state index contributed by atoms with van der Waals surface area (Å²) in [6.07, 6.45) is 1.54. The molecule has 2 heterocycles. The summed E-state index contributed by atoms with van der Waals surface area (Å²) >= 11 is 6.26. The van der Waals surface area contributed by atoms with Gasteiger partial charge in [0.15, 0.2) is 0 Å². The zero-order valence-electron chi connectivity index (χ0n) is 16.2. The molecule has 2 aromatic rings. The number of halogens is 1. The van der Waals surface area contributed by atoms with Gasteiger partial charge < -0.3 is 10.1 Å². The van der Waals surface area contributed by atoms with Gasteiger partial charge in [0, 0.05) is 24.8 Å². The van der Waals surface area contributed by atoms with E-state index in [2.05, 4.69) is 11.4 Å². The van der Waals surface area contributed by atoms with Crippen molar-refractivity contribution >= 4 is 38.9 Å². The van der Waals surface area contributed by atoms with Crippen molar-refractivity contribution in [2.45, 2.75) is 25.7 Å². The maximum Gasteiger partial charge on any atom is 0.257 e. The third-order valence-electron chi connectivity index (χ3n) is 5.34. The van der Waals surface area contributed by atoms with E-state index in [0.29, 0.717) is 36.9 Å². The molecule has 29 heavy (non-hydrogen) atoms.